The summed E-state index contributed by atoms with van der Waals surface area (Å²) in [5, 5.41) is 19.7. The second-order valence-electron chi connectivity index (χ2n) is 11.6. The van der Waals surface area contributed by atoms with E-state index in [1.165, 1.54) is 0 Å². The van der Waals surface area contributed by atoms with Gasteiger partial charge in [-0.1, -0.05) is 62.4 Å². The second-order valence-corrected chi connectivity index (χ2v) is 11.6. The molecule has 2 N–H and O–H groups in total. The van der Waals surface area contributed by atoms with Crippen molar-refractivity contribution >= 4 is 11.8 Å². The molecule has 1 amide bonds. The average molecular weight is 544 g/mol. The summed E-state index contributed by atoms with van der Waals surface area (Å²) in [6.45, 7) is 11.1. The Morgan fingerprint density at radius 3 is 2.23 bits per heavy atom. The third-order valence-electron chi connectivity index (χ3n) is 6.26. The van der Waals surface area contributed by atoms with Gasteiger partial charge in [0, 0.05) is 12.4 Å². The maximum absolute atomic E-state index is 13.6. The SMILES string of the molecule is CC(C)CCN[C@@H](Cc1cccnc1)C(=O)NC(Cc1ccc(OCc2ccccc2)cc1)C([O-])=NC(C)(C)C. The van der Waals surface area contributed by atoms with E-state index in [0.717, 1.165) is 28.9 Å². The first-order chi connectivity index (χ1) is 19.1. The lowest BCUT2D eigenvalue weighted by atomic mass is 10.0. The number of aliphatic imine (C=N–C) groups is 1. The second kappa shape index (κ2) is 15.2. The number of pyridine rings is 1. The molecule has 7 heteroatoms. The van der Waals surface area contributed by atoms with Crippen molar-refractivity contribution in [1.29, 1.82) is 0 Å². The Morgan fingerprint density at radius 2 is 1.60 bits per heavy atom. The van der Waals surface area contributed by atoms with Crippen LogP contribution >= 0.6 is 0 Å². The Labute approximate surface area is 239 Å². The molecular weight excluding hydrogens is 500 g/mol. The van der Waals surface area contributed by atoms with Crippen LogP contribution in [-0.4, -0.2) is 41.0 Å². The van der Waals surface area contributed by atoms with Crippen molar-refractivity contribution in [1.82, 2.24) is 15.6 Å². The molecule has 214 valence electrons. The van der Waals surface area contributed by atoms with Crippen LogP contribution in [0.3, 0.4) is 0 Å². The van der Waals surface area contributed by atoms with Gasteiger partial charge in [-0.15, -0.1) is 0 Å². The Kier molecular flexibility index (Phi) is 11.7. The number of aromatic nitrogens is 1. The van der Waals surface area contributed by atoms with Gasteiger partial charge in [0.05, 0.1) is 17.6 Å². The maximum Gasteiger partial charge on any atom is 0.237 e. The number of nitrogens with zero attached hydrogens (tertiary/aromatic N) is 2. The van der Waals surface area contributed by atoms with E-state index in [-0.39, 0.29) is 11.8 Å². The molecule has 0 aliphatic rings. The van der Waals surface area contributed by atoms with E-state index in [1.54, 1.807) is 12.4 Å². The summed E-state index contributed by atoms with van der Waals surface area (Å²) in [5.74, 6) is 0.685. The molecule has 1 unspecified atom stereocenters. The lowest BCUT2D eigenvalue weighted by Crippen LogP contribution is -2.54. The van der Waals surface area contributed by atoms with Crippen molar-refractivity contribution in [2.75, 3.05) is 6.54 Å². The highest BCUT2D eigenvalue weighted by Crippen LogP contribution is 2.16. The molecule has 2 atom stereocenters. The molecule has 3 rings (SSSR count). The molecule has 0 saturated heterocycles. The summed E-state index contributed by atoms with van der Waals surface area (Å²) in [5.41, 5.74) is 2.39. The smallest absolute Gasteiger partial charge is 0.237 e. The molecule has 0 spiro atoms. The number of rotatable bonds is 14. The molecule has 0 aliphatic heterocycles. The summed E-state index contributed by atoms with van der Waals surface area (Å²) in [6, 6.07) is 20.1. The van der Waals surface area contributed by atoms with Crippen LogP contribution in [0, 0.1) is 5.92 Å². The van der Waals surface area contributed by atoms with Crippen molar-refractivity contribution in [3.8, 4) is 5.75 Å². The van der Waals surface area contributed by atoms with Crippen LogP contribution in [0.25, 0.3) is 0 Å². The number of hydrogen-bond acceptors (Lipinski definition) is 6. The summed E-state index contributed by atoms with van der Waals surface area (Å²) in [6.07, 6.45) is 5.23. The van der Waals surface area contributed by atoms with Gasteiger partial charge in [-0.3, -0.25) is 14.8 Å². The largest absolute Gasteiger partial charge is 0.861 e. The Hall–Kier alpha value is -3.71. The van der Waals surface area contributed by atoms with Crippen molar-refractivity contribution in [3.63, 3.8) is 0 Å². The number of ether oxygens (including phenoxy) is 1. The molecule has 2 aromatic carbocycles. The molecule has 0 bridgehead atoms. The van der Waals surface area contributed by atoms with Crippen LogP contribution in [0.5, 0.6) is 5.75 Å². The number of hydrogen-bond donors (Lipinski definition) is 2. The van der Waals surface area contributed by atoms with Crippen LogP contribution in [0.2, 0.25) is 0 Å². The highest BCUT2D eigenvalue weighted by Gasteiger charge is 2.23. The topological polar surface area (TPSA) is 98.7 Å². The molecule has 3 aromatic rings. The van der Waals surface area contributed by atoms with Gasteiger partial charge in [-0.2, -0.15) is 0 Å². The van der Waals surface area contributed by atoms with Crippen LogP contribution in [-0.2, 0) is 24.2 Å². The van der Waals surface area contributed by atoms with Gasteiger partial charge in [0.25, 0.3) is 0 Å². The summed E-state index contributed by atoms with van der Waals surface area (Å²) >= 11 is 0. The molecule has 0 fully saturated rings. The fraction of sp³-hybridized carbons (Fsp3) is 0.424. The minimum absolute atomic E-state index is 0.224. The lowest BCUT2D eigenvalue weighted by molar-refractivity contribution is -0.222. The number of amides is 1. The van der Waals surface area contributed by atoms with Gasteiger partial charge < -0.3 is 20.5 Å². The zero-order valence-electron chi connectivity index (χ0n) is 24.4. The molecule has 0 aliphatic carbocycles. The van der Waals surface area contributed by atoms with Gasteiger partial charge >= 0.3 is 0 Å². The highest BCUT2D eigenvalue weighted by molar-refractivity contribution is 5.88. The van der Waals surface area contributed by atoms with Crippen LogP contribution in [0.4, 0.5) is 0 Å². The van der Waals surface area contributed by atoms with E-state index in [1.807, 2.05) is 87.5 Å². The fourth-order valence-electron chi connectivity index (χ4n) is 4.14. The predicted molar refractivity (Wildman–Crippen MR) is 159 cm³/mol. The first-order valence-corrected chi connectivity index (χ1v) is 14.0. The van der Waals surface area contributed by atoms with Crippen LogP contribution in [0.15, 0.2) is 84.1 Å². The zero-order valence-corrected chi connectivity index (χ0v) is 24.4. The number of carbonyl (C=O) groups excluding carboxylic acids is 1. The minimum Gasteiger partial charge on any atom is -0.861 e. The summed E-state index contributed by atoms with van der Waals surface area (Å²) in [4.78, 5) is 22.1. The molecule has 0 saturated carbocycles. The Bertz CT molecular complexity index is 1190. The third kappa shape index (κ3) is 11.2. The molecule has 1 heterocycles. The fourth-order valence-corrected chi connectivity index (χ4v) is 4.14. The Balaban J connectivity index is 1.73. The monoisotopic (exact) mass is 543 g/mol. The van der Waals surface area contributed by atoms with Gasteiger partial charge in [-0.05, 0) is 93.3 Å². The third-order valence-corrected chi connectivity index (χ3v) is 6.26. The molecule has 7 nitrogen and oxygen atoms in total. The van der Waals surface area contributed by atoms with E-state index in [2.05, 4.69) is 34.5 Å². The molecule has 1 aromatic heterocycles. The normalized spacial score (nSPS) is 13.6. The van der Waals surface area contributed by atoms with Gasteiger partial charge in [0.1, 0.15) is 12.4 Å². The molecular formula is C33H43N4O3-. The van der Waals surface area contributed by atoms with Crippen LogP contribution in [0.1, 0.15) is 57.7 Å². The first-order valence-electron chi connectivity index (χ1n) is 14.0. The minimum atomic E-state index is -0.786. The highest BCUT2D eigenvalue weighted by atomic mass is 16.5. The van der Waals surface area contributed by atoms with E-state index < -0.39 is 17.6 Å². The van der Waals surface area contributed by atoms with Gasteiger partial charge in [0.15, 0.2) is 0 Å². The zero-order chi connectivity index (χ0) is 29.0. The van der Waals surface area contributed by atoms with Crippen molar-refractivity contribution in [3.05, 3.63) is 95.8 Å². The number of nitrogens with one attached hydrogen (secondary N) is 2. The predicted octanol–water partition coefficient (Wildman–Crippen LogP) is 4.49. The Morgan fingerprint density at radius 1 is 0.925 bits per heavy atom. The van der Waals surface area contributed by atoms with Crippen molar-refractivity contribution in [2.45, 2.75) is 78.1 Å². The van der Waals surface area contributed by atoms with Gasteiger partial charge in [-0.25, -0.2) is 0 Å². The van der Waals surface area contributed by atoms with E-state index in [0.29, 0.717) is 31.9 Å². The first kappa shape index (κ1) is 30.8. The maximum atomic E-state index is 13.6. The standard InChI is InChI=1S/C33H44N4O3/c1-24(2)17-19-35-29(21-27-12-9-18-34-22-27)31(38)36-30(32(39)37-33(3,4)5)20-25-13-15-28(16-14-25)40-23-26-10-7-6-8-11-26/h6-16,18,22,24,29-30,35H,17,19-21,23H2,1-5H3,(H,36,38)(H,37,39)/p-1/t29-,30?/m0/s1. The molecule has 0 radical (unpaired) electrons. The van der Waals surface area contributed by atoms with E-state index >= 15 is 0 Å². The lowest BCUT2D eigenvalue weighted by Gasteiger charge is -2.30. The summed E-state index contributed by atoms with van der Waals surface area (Å²) < 4.78 is 5.90. The van der Waals surface area contributed by atoms with Crippen LogP contribution < -0.4 is 20.5 Å². The number of benzene rings is 2. The number of carbonyl (C=O) groups is 1. The quantitative estimate of drug-likeness (QED) is 0.231. The summed E-state index contributed by atoms with van der Waals surface area (Å²) in [7, 11) is 0. The molecule has 40 heavy (non-hydrogen) atoms. The average Bonchev–Trinajstić information content (AvgIpc) is 2.91. The van der Waals surface area contributed by atoms with Crippen molar-refractivity contribution in [2.24, 2.45) is 10.9 Å². The van der Waals surface area contributed by atoms with E-state index in [9.17, 15) is 9.90 Å². The van der Waals surface area contributed by atoms with E-state index in [4.69, 9.17) is 4.74 Å². The van der Waals surface area contributed by atoms with Gasteiger partial charge in [0.2, 0.25) is 5.91 Å². The van der Waals surface area contributed by atoms with Crippen molar-refractivity contribution < 1.29 is 14.6 Å².